The molecule has 3 aromatic rings. The molecule has 3 rings (SSSR count). The summed E-state index contributed by atoms with van der Waals surface area (Å²) in [6.45, 7) is 8.38. The molecule has 0 aliphatic rings. The zero-order valence-corrected chi connectivity index (χ0v) is 16.9. The molecule has 0 atom stereocenters. The van der Waals surface area contributed by atoms with E-state index >= 15 is 0 Å². The first kappa shape index (κ1) is 19.2. The van der Waals surface area contributed by atoms with E-state index in [0.717, 1.165) is 11.1 Å². The highest BCUT2D eigenvalue weighted by Gasteiger charge is 2.30. The lowest BCUT2D eigenvalue weighted by Crippen LogP contribution is -2.20. The Hall–Kier alpha value is -2.60. The van der Waals surface area contributed by atoms with E-state index in [1.165, 1.54) is 0 Å². The summed E-state index contributed by atoms with van der Waals surface area (Å²) in [7, 11) is -3.74. The molecule has 0 saturated carbocycles. The molecule has 142 valence electrons. The van der Waals surface area contributed by atoms with Crippen molar-refractivity contribution in [2.75, 3.05) is 4.72 Å². The lowest BCUT2D eigenvalue weighted by molar-refractivity contribution is 0.533. The van der Waals surface area contributed by atoms with Gasteiger partial charge in [-0.1, -0.05) is 68.8 Å². The van der Waals surface area contributed by atoms with Crippen LogP contribution in [-0.2, 0) is 22.0 Å². The monoisotopic (exact) mass is 383 g/mol. The zero-order chi connectivity index (χ0) is 19.7. The normalized spacial score (nSPS) is 12.1. The predicted octanol–water partition coefficient (Wildman–Crippen LogP) is 4.34. The molecule has 0 fully saturated rings. The van der Waals surface area contributed by atoms with E-state index in [1.807, 2.05) is 70.2 Å². The fourth-order valence-electron chi connectivity index (χ4n) is 2.80. The van der Waals surface area contributed by atoms with Crippen molar-refractivity contribution in [2.45, 2.75) is 44.6 Å². The summed E-state index contributed by atoms with van der Waals surface area (Å²) in [4.78, 5) is 0.214. The maximum atomic E-state index is 13.1. The smallest absolute Gasteiger partial charge is 0.265 e. The molecule has 0 amide bonds. The first-order chi connectivity index (χ1) is 12.6. The van der Waals surface area contributed by atoms with Gasteiger partial charge in [0, 0.05) is 17.3 Å². The van der Waals surface area contributed by atoms with Gasteiger partial charge < -0.3 is 0 Å². The first-order valence-corrected chi connectivity index (χ1v) is 10.3. The van der Waals surface area contributed by atoms with Gasteiger partial charge in [-0.25, -0.2) is 8.42 Å². The molecule has 1 aromatic heterocycles. The minimum absolute atomic E-state index is 0.214. The molecule has 2 aromatic carbocycles. The van der Waals surface area contributed by atoms with Gasteiger partial charge in [0.05, 0.1) is 12.2 Å². The Morgan fingerprint density at radius 3 is 2.22 bits per heavy atom. The van der Waals surface area contributed by atoms with E-state index in [4.69, 9.17) is 0 Å². The largest absolute Gasteiger partial charge is 0.280 e. The van der Waals surface area contributed by atoms with Crippen LogP contribution in [0.1, 0.15) is 37.6 Å². The number of benzene rings is 2. The second kappa shape index (κ2) is 7.19. The van der Waals surface area contributed by atoms with Crippen molar-refractivity contribution >= 4 is 15.7 Å². The van der Waals surface area contributed by atoms with Crippen LogP contribution in [0.5, 0.6) is 0 Å². The summed E-state index contributed by atoms with van der Waals surface area (Å²) >= 11 is 0. The second-order valence-corrected chi connectivity index (χ2v) is 9.40. The van der Waals surface area contributed by atoms with E-state index < -0.39 is 15.4 Å². The van der Waals surface area contributed by atoms with E-state index in [2.05, 4.69) is 9.82 Å². The molecule has 5 nitrogen and oxygen atoms in total. The van der Waals surface area contributed by atoms with Gasteiger partial charge in [0.2, 0.25) is 0 Å². The Balaban J connectivity index is 1.98. The Labute approximate surface area is 161 Å². The van der Waals surface area contributed by atoms with E-state index in [0.29, 0.717) is 17.9 Å². The zero-order valence-electron chi connectivity index (χ0n) is 16.1. The summed E-state index contributed by atoms with van der Waals surface area (Å²) in [6.07, 6.45) is 1.62. The maximum absolute atomic E-state index is 13.1. The number of anilines is 1. The van der Waals surface area contributed by atoms with Crippen LogP contribution in [0.4, 0.5) is 5.69 Å². The SMILES string of the molecule is Cc1ccc(NS(=O)(=O)c2cn(Cc3ccccc3)nc2C(C)(C)C)cc1. The molecular formula is C21H25N3O2S. The third kappa shape index (κ3) is 4.57. The van der Waals surface area contributed by atoms with Gasteiger partial charge in [-0.05, 0) is 24.6 Å². The summed E-state index contributed by atoms with van der Waals surface area (Å²) in [5.41, 5.74) is 2.83. The molecule has 6 heteroatoms. The quantitative estimate of drug-likeness (QED) is 0.713. The lowest BCUT2D eigenvalue weighted by atomic mass is 9.92. The van der Waals surface area contributed by atoms with Crippen LogP contribution in [0.2, 0.25) is 0 Å². The summed E-state index contributed by atoms with van der Waals surface area (Å²) in [5, 5.41) is 4.60. The Morgan fingerprint density at radius 1 is 1.00 bits per heavy atom. The highest BCUT2D eigenvalue weighted by molar-refractivity contribution is 7.92. The molecule has 0 unspecified atom stereocenters. The van der Waals surface area contributed by atoms with Crippen molar-refractivity contribution < 1.29 is 8.42 Å². The molecule has 0 spiro atoms. The number of hydrogen-bond donors (Lipinski definition) is 1. The van der Waals surface area contributed by atoms with Crippen LogP contribution in [0.15, 0.2) is 65.7 Å². The molecule has 0 bridgehead atoms. The van der Waals surface area contributed by atoms with Crippen LogP contribution in [0.3, 0.4) is 0 Å². The van der Waals surface area contributed by atoms with Crippen molar-refractivity contribution in [1.82, 2.24) is 9.78 Å². The van der Waals surface area contributed by atoms with Gasteiger partial charge >= 0.3 is 0 Å². The van der Waals surface area contributed by atoms with Gasteiger partial charge in [0.15, 0.2) is 0 Å². The third-order valence-corrected chi connectivity index (χ3v) is 5.60. The van der Waals surface area contributed by atoms with Gasteiger partial charge in [-0.15, -0.1) is 0 Å². The number of rotatable bonds is 5. The molecule has 1 heterocycles. The van der Waals surface area contributed by atoms with Crippen LogP contribution in [0, 0.1) is 6.92 Å². The van der Waals surface area contributed by atoms with Crippen molar-refractivity contribution in [3.63, 3.8) is 0 Å². The van der Waals surface area contributed by atoms with Crippen molar-refractivity contribution in [3.05, 3.63) is 77.6 Å². The minimum atomic E-state index is -3.74. The number of nitrogens with one attached hydrogen (secondary N) is 1. The minimum Gasteiger partial charge on any atom is -0.280 e. The van der Waals surface area contributed by atoms with Gasteiger partial charge in [-0.2, -0.15) is 5.10 Å². The molecule has 0 saturated heterocycles. The molecule has 0 radical (unpaired) electrons. The van der Waals surface area contributed by atoms with Crippen LogP contribution < -0.4 is 4.72 Å². The van der Waals surface area contributed by atoms with Crippen molar-refractivity contribution in [2.24, 2.45) is 0 Å². The van der Waals surface area contributed by atoms with Gasteiger partial charge in [0.25, 0.3) is 10.0 Å². The topological polar surface area (TPSA) is 64.0 Å². The van der Waals surface area contributed by atoms with Crippen molar-refractivity contribution in [1.29, 1.82) is 0 Å². The van der Waals surface area contributed by atoms with Crippen molar-refractivity contribution in [3.8, 4) is 0 Å². The number of sulfonamides is 1. The number of hydrogen-bond acceptors (Lipinski definition) is 3. The maximum Gasteiger partial charge on any atom is 0.265 e. The molecule has 0 aliphatic carbocycles. The average molecular weight is 384 g/mol. The molecule has 1 N–H and O–H groups in total. The number of aromatic nitrogens is 2. The summed E-state index contributed by atoms with van der Waals surface area (Å²) < 4.78 is 30.5. The highest BCUT2D eigenvalue weighted by Crippen LogP contribution is 2.29. The number of nitrogens with zero attached hydrogens (tertiary/aromatic N) is 2. The lowest BCUT2D eigenvalue weighted by Gasteiger charge is -2.18. The van der Waals surface area contributed by atoms with Gasteiger partial charge in [0.1, 0.15) is 4.90 Å². The highest BCUT2D eigenvalue weighted by atomic mass is 32.2. The molecule has 0 aliphatic heterocycles. The van der Waals surface area contributed by atoms with Crippen LogP contribution in [-0.4, -0.2) is 18.2 Å². The fourth-order valence-corrected chi connectivity index (χ4v) is 4.22. The van der Waals surface area contributed by atoms with Crippen LogP contribution >= 0.6 is 0 Å². The Bertz CT molecular complexity index is 1020. The first-order valence-electron chi connectivity index (χ1n) is 8.86. The number of aryl methyl sites for hydroxylation is 1. The average Bonchev–Trinajstić information content (AvgIpc) is 3.03. The standard InChI is InChI=1S/C21H25N3O2S/c1-16-10-12-18(13-11-16)23-27(25,26)19-15-24(22-20(19)21(2,3)4)14-17-8-6-5-7-9-17/h5-13,15,23H,14H2,1-4H3. The fraction of sp³-hybridized carbons (Fsp3) is 0.286. The van der Waals surface area contributed by atoms with E-state index in [1.54, 1.807) is 23.0 Å². The van der Waals surface area contributed by atoms with Gasteiger partial charge in [-0.3, -0.25) is 9.40 Å². The summed E-state index contributed by atoms with van der Waals surface area (Å²) in [6, 6.07) is 17.1. The Kier molecular flexibility index (Phi) is 5.11. The Morgan fingerprint density at radius 2 is 1.63 bits per heavy atom. The predicted molar refractivity (Wildman–Crippen MR) is 108 cm³/mol. The molecule has 27 heavy (non-hydrogen) atoms. The van der Waals surface area contributed by atoms with Crippen LogP contribution in [0.25, 0.3) is 0 Å². The third-order valence-electron chi connectivity index (χ3n) is 4.22. The second-order valence-electron chi connectivity index (χ2n) is 7.75. The summed E-state index contributed by atoms with van der Waals surface area (Å²) in [5.74, 6) is 0. The van der Waals surface area contributed by atoms with E-state index in [-0.39, 0.29) is 4.90 Å². The van der Waals surface area contributed by atoms with E-state index in [9.17, 15) is 8.42 Å². The molecular weight excluding hydrogens is 358 g/mol.